The summed E-state index contributed by atoms with van der Waals surface area (Å²) < 4.78 is 5.77. The molecule has 0 bridgehead atoms. The number of aliphatic hydroxyl groups excluding tert-OH is 1. The predicted molar refractivity (Wildman–Crippen MR) is 95.4 cm³/mol. The molecule has 0 aliphatic carbocycles. The van der Waals surface area contributed by atoms with Crippen molar-refractivity contribution in [2.75, 3.05) is 13.2 Å². The van der Waals surface area contributed by atoms with E-state index in [0.717, 1.165) is 50.0 Å². The quantitative estimate of drug-likeness (QED) is 0.391. The second kappa shape index (κ2) is 11.3. The van der Waals surface area contributed by atoms with Gasteiger partial charge in [-0.05, 0) is 63.6 Å². The highest BCUT2D eigenvalue weighted by atomic mass is 127. The first-order valence-corrected chi connectivity index (χ1v) is 10.3. The summed E-state index contributed by atoms with van der Waals surface area (Å²) in [7, 11) is 1.50. The lowest BCUT2D eigenvalue weighted by Gasteiger charge is -2.09. The number of benzene rings is 1. The minimum absolute atomic E-state index is 0.290. The number of rotatable bonds is 8. The van der Waals surface area contributed by atoms with Crippen LogP contribution in [-0.4, -0.2) is 18.3 Å². The molecule has 0 spiro atoms. The van der Waals surface area contributed by atoms with E-state index in [4.69, 9.17) is 9.84 Å². The molecule has 1 aromatic rings. The molecular weight excluding hydrogens is 383 g/mol. The summed E-state index contributed by atoms with van der Waals surface area (Å²) in [4.78, 5) is 0. The van der Waals surface area contributed by atoms with Gasteiger partial charge in [-0.3, -0.25) is 0 Å². The van der Waals surface area contributed by atoms with Crippen molar-refractivity contribution in [2.45, 2.75) is 39.0 Å². The fourth-order valence-corrected chi connectivity index (χ4v) is 2.38. The normalized spacial score (nSPS) is 9.95. The van der Waals surface area contributed by atoms with Crippen molar-refractivity contribution in [3.63, 3.8) is 0 Å². The van der Waals surface area contributed by atoms with Crippen molar-refractivity contribution in [1.29, 1.82) is 0 Å². The number of hydrogen-bond donors (Lipinski definition) is 1. The molecule has 0 saturated heterocycles. The first-order valence-electron chi connectivity index (χ1n) is 6.97. The third-order valence-corrected chi connectivity index (χ3v) is 3.84. The molecular formula is C16H21IO2S. The molecule has 0 radical (unpaired) electrons. The van der Waals surface area contributed by atoms with E-state index in [1.54, 1.807) is 0 Å². The molecule has 1 aromatic carbocycles. The van der Waals surface area contributed by atoms with Crippen molar-refractivity contribution in [2.24, 2.45) is 0 Å². The summed E-state index contributed by atoms with van der Waals surface area (Å²) in [5.74, 6) is 4.09. The molecule has 0 atom stereocenters. The Morgan fingerprint density at radius 2 is 2.05 bits per heavy atom. The molecule has 4 heteroatoms. The van der Waals surface area contributed by atoms with Crippen LogP contribution in [0.15, 0.2) is 18.2 Å². The van der Waals surface area contributed by atoms with Crippen LogP contribution in [0.2, 0.25) is 0 Å². The first kappa shape index (κ1) is 17.7. The lowest BCUT2D eigenvalue weighted by atomic mass is 10.1. The third kappa shape index (κ3) is 6.87. The highest BCUT2D eigenvalue weighted by Gasteiger charge is 2.01. The van der Waals surface area contributed by atoms with Crippen LogP contribution < -0.4 is 4.74 Å². The van der Waals surface area contributed by atoms with E-state index in [1.807, 2.05) is 12.1 Å². The third-order valence-electron chi connectivity index (χ3n) is 3.00. The van der Waals surface area contributed by atoms with Gasteiger partial charge in [0.05, 0.1) is 6.61 Å². The van der Waals surface area contributed by atoms with Gasteiger partial charge in [0.25, 0.3) is 0 Å². The van der Waals surface area contributed by atoms with Crippen LogP contribution in [0.1, 0.15) is 43.7 Å². The van der Waals surface area contributed by atoms with Crippen molar-refractivity contribution in [3.8, 4) is 16.9 Å². The van der Waals surface area contributed by atoms with Crippen LogP contribution in [0, 0.1) is 11.2 Å². The molecule has 0 heterocycles. The van der Waals surface area contributed by atoms with Gasteiger partial charge in [-0.25, -0.2) is 0 Å². The number of aryl methyl sites for hydroxylation is 1. The number of aliphatic hydroxyl groups is 1. The zero-order chi connectivity index (χ0) is 14.6. The molecule has 1 N–H and O–H groups in total. The Bertz CT molecular complexity index is 452. The van der Waals surface area contributed by atoms with Crippen LogP contribution in [0.5, 0.6) is 5.75 Å². The minimum atomic E-state index is 0.290. The van der Waals surface area contributed by atoms with E-state index in [0.29, 0.717) is 6.61 Å². The molecule has 0 fully saturated rings. The average Bonchev–Trinajstić information content (AvgIpc) is 2.49. The van der Waals surface area contributed by atoms with E-state index in [-0.39, 0.29) is 0 Å². The molecule has 0 unspecified atom stereocenters. The SMILES string of the molecule is CCc1cc(OCCCCCCO)ccc1C#CSI. The number of unbranched alkanes of at least 4 members (excludes halogenated alkanes) is 3. The van der Waals surface area contributed by atoms with E-state index in [2.05, 4.69) is 45.4 Å². The van der Waals surface area contributed by atoms with Gasteiger partial charge < -0.3 is 9.84 Å². The molecule has 1 rings (SSSR count). The van der Waals surface area contributed by atoms with Crippen molar-refractivity contribution in [1.82, 2.24) is 0 Å². The summed E-state index contributed by atoms with van der Waals surface area (Å²) in [5.41, 5.74) is 2.33. The van der Waals surface area contributed by atoms with Gasteiger partial charge in [-0.15, -0.1) is 0 Å². The summed E-state index contributed by atoms with van der Waals surface area (Å²) in [6, 6.07) is 6.13. The lowest BCUT2D eigenvalue weighted by Crippen LogP contribution is -1.99. The smallest absolute Gasteiger partial charge is 0.119 e. The average molecular weight is 404 g/mol. The first-order chi connectivity index (χ1) is 9.81. The molecule has 0 aliphatic rings. The van der Waals surface area contributed by atoms with Gasteiger partial charge in [0.2, 0.25) is 0 Å². The van der Waals surface area contributed by atoms with Gasteiger partial charge in [-0.1, -0.05) is 19.3 Å². The zero-order valence-corrected chi connectivity index (χ0v) is 14.8. The van der Waals surface area contributed by atoms with Crippen LogP contribution in [0.25, 0.3) is 0 Å². The maximum Gasteiger partial charge on any atom is 0.119 e. The summed E-state index contributed by atoms with van der Waals surface area (Å²) in [6.45, 7) is 3.16. The number of halogens is 1. The van der Waals surface area contributed by atoms with E-state index in [1.165, 1.54) is 14.5 Å². The maximum atomic E-state index is 8.70. The van der Waals surface area contributed by atoms with Crippen molar-refractivity contribution in [3.05, 3.63) is 29.3 Å². The Morgan fingerprint density at radius 1 is 1.25 bits per heavy atom. The van der Waals surface area contributed by atoms with E-state index < -0.39 is 0 Å². The Hall–Kier alpha value is -0.380. The topological polar surface area (TPSA) is 29.5 Å². The van der Waals surface area contributed by atoms with Crippen LogP contribution >= 0.6 is 30.1 Å². The number of ether oxygens (including phenoxy) is 1. The van der Waals surface area contributed by atoms with Gasteiger partial charge in [-0.2, -0.15) is 0 Å². The van der Waals surface area contributed by atoms with Gasteiger partial charge in [0.1, 0.15) is 5.75 Å². The largest absolute Gasteiger partial charge is 0.494 e. The monoisotopic (exact) mass is 404 g/mol. The van der Waals surface area contributed by atoms with Gasteiger partial charge in [0, 0.05) is 33.4 Å². The highest BCUT2D eigenvalue weighted by Crippen LogP contribution is 2.19. The summed E-state index contributed by atoms with van der Waals surface area (Å²) >= 11 is 2.18. The van der Waals surface area contributed by atoms with E-state index >= 15 is 0 Å². The van der Waals surface area contributed by atoms with Crippen LogP contribution in [-0.2, 0) is 6.42 Å². The second-order valence-electron chi connectivity index (χ2n) is 4.46. The minimum Gasteiger partial charge on any atom is -0.494 e. The molecule has 0 saturated carbocycles. The van der Waals surface area contributed by atoms with Crippen LogP contribution in [0.3, 0.4) is 0 Å². The molecule has 110 valence electrons. The zero-order valence-electron chi connectivity index (χ0n) is 11.8. The summed E-state index contributed by atoms with van der Waals surface area (Å²) in [6.07, 6.45) is 5.07. The summed E-state index contributed by atoms with van der Waals surface area (Å²) in [5, 5.41) is 11.7. The Morgan fingerprint density at radius 3 is 2.75 bits per heavy atom. The second-order valence-corrected chi connectivity index (χ2v) is 6.14. The molecule has 20 heavy (non-hydrogen) atoms. The fourth-order valence-electron chi connectivity index (χ4n) is 1.91. The Kier molecular flexibility index (Phi) is 9.98. The van der Waals surface area contributed by atoms with Crippen LogP contribution in [0.4, 0.5) is 0 Å². The fraction of sp³-hybridized carbons (Fsp3) is 0.500. The van der Waals surface area contributed by atoms with Crippen molar-refractivity contribution < 1.29 is 9.84 Å². The standard InChI is InChI=1S/C16H21IO2S/c1-2-14-13-16(8-7-15(14)9-12-20-17)19-11-6-4-3-5-10-18/h7-8,13,18H,2-6,10-11H2,1H3. The highest BCUT2D eigenvalue weighted by molar-refractivity contribution is 14.2. The lowest BCUT2D eigenvalue weighted by molar-refractivity contribution is 0.273. The molecule has 0 amide bonds. The molecule has 2 nitrogen and oxygen atoms in total. The Labute approximate surface area is 138 Å². The van der Waals surface area contributed by atoms with Gasteiger partial charge >= 0.3 is 0 Å². The Balaban J connectivity index is 2.47. The predicted octanol–water partition coefficient (Wildman–Crippen LogP) is 4.57. The van der Waals surface area contributed by atoms with Crippen molar-refractivity contribution >= 4 is 30.1 Å². The van der Waals surface area contributed by atoms with Gasteiger partial charge in [0.15, 0.2) is 0 Å². The molecule has 0 aliphatic heterocycles. The maximum absolute atomic E-state index is 8.70. The number of hydrogen-bond acceptors (Lipinski definition) is 3. The van der Waals surface area contributed by atoms with E-state index in [9.17, 15) is 0 Å². The molecule has 0 aromatic heterocycles.